The molecular weight excluding hydrogens is 144 g/mol. The lowest BCUT2D eigenvalue weighted by atomic mass is 9.60. The largest absolute Gasteiger partial charge is 0.0596 e. The molecule has 70 valence electrons. The monoisotopic (exact) mass is 166 g/mol. The van der Waals surface area contributed by atoms with E-state index in [2.05, 4.69) is 13.8 Å². The Morgan fingerprint density at radius 1 is 0.583 bits per heavy atom. The van der Waals surface area contributed by atoms with Crippen LogP contribution in [0.3, 0.4) is 0 Å². The van der Waals surface area contributed by atoms with Crippen LogP contribution in [-0.2, 0) is 0 Å². The van der Waals surface area contributed by atoms with Gasteiger partial charge < -0.3 is 0 Å². The molecular formula is C12H22. The van der Waals surface area contributed by atoms with Crippen LogP contribution in [0.25, 0.3) is 0 Å². The van der Waals surface area contributed by atoms with Gasteiger partial charge in [-0.1, -0.05) is 26.7 Å². The number of rotatable bonds is 0. The molecule has 0 radical (unpaired) electrons. The summed E-state index contributed by atoms with van der Waals surface area (Å²) in [5.74, 6) is 0. The molecule has 3 aliphatic carbocycles. The first kappa shape index (κ1) is 8.59. The van der Waals surface area contributed by atoms with Crippen LogP contribution in [0.4, 0.5) is 0 Å². The van der Waals surface area contributed by atoms with Gasteiger partial charge in [0.25, 0.3) is 0 Å². The number of hydrogen-bond donors (Lipinski definition) is 0. The van der Waals surface area contributed by atoms with Crippen LogP contribution in [0, 0.1) is 10.8 Å². The topological polar surface area (TPSA) is 0 Å². The van der Waals surface area contributed by atoms with Crippen LogP contribution in [0.1, 0.15) is 65.2 Å². The molecule has 0 nitrogen and oxygen atoms in total. The standard InChI is InChI=1S/C12H22/c1-11-5-3-4-6-12(2,9-7-11)10-8-11/h3-10H2,1-2H3. The molecule has 3 saturated carbocycles. The Balaban J connectivity index is 2.11. The second-order valence-corrected chi connectivity index (χ2v) is 5.83. The van der Waals surface area contributed by atoms with Crippen LogP contribution in [0.2, 0.25) is 0 Å². The Bertz CT molecular complexity index is 141. The molecule has 0 aromatic rings. The minimum absolute atomic E-state index is 0.736. The summed E-state index contributed by atoms with van der Waals surface area (Å²) in [5, 5.41) is 0. The summed E-state index contributed by atoms with van der Waals surface area (Å²) in [6, 6.07) is 0. The van der Waals surface area contributed by atoms with E-state index in [1.165, 1.54) is 51.4 Å². The van der Waals surface area contributed by atoms with Gasteiger partial charge in [0.1, 0.15) is 0 Å². The molecule has 0 spiro atoms. The van der Waals surface area contributed by atoms with Crippen molar-refractivity contribution in [2.45, 2.75) is 65.2 Å². The number of hydrogen-bond acceptors (Lipinski definition) is 0. The molecule has 2 bridgehead atoms. The van der Waals surface area contributed by atoms with E-state index in [4.69, 9.17) is 0 Å². The van der Waals surface area contributed by atoms with Gasteiger partial charge in [-0.2, -0.15) is 0 Å². The Labute approximate surface area is 76.7 Å². The molecule has 0 aliphatic heterocycles. The molecule has 0 saturated heterocycles. The molecule has 3 rings (SSSR count). The van der Waals surface area contributed by atoms with Crippen molar-refractivity contribution in [1.82, 2.24) is 0 Å². The first-order valence-electron chi connectivity index (χ1n) is 5.62. The van der Waals surface area contributed by atoms with Crippen LogP contribution in [0.5, 0.6) is 0 Å². The zero-order valence-electron chi connectivity index (χ0n) is 8.66. The van der Waals surface area contributed by atoms with Gasteiger partial charge in [0.15, 0.2) is 0 Å². The summed E-state index contributed by atoms with van der Waals surface area (Å²) in [6.07, 6.45) is 12.0. The Morgan fingerprint density at radius 3 is 1.25 bits per heavy atom. The lowest BCUT2D eigenvalue weighted by Crippen LogP contribution is -2.32. The predicted octanol–water partition coefficient (Wildman–Crippen LogP) is 4.15. The van der Waals surface area contributed by atoms with E-state index in [0.717, 1.165) is 10.8 Å². The highest BCUT2D eigenvalue weighted by Crippen LogP contribution is 2.51. The first-order valence-corrected chi connectivity index (χ1v) is 5.62. The van der Waals surface area contributed by atoms with Gasteiger partial charge in [0, 0.05) is 0 Å². The lowest BCUT2D eigenvalue weighted by Gasteiger charge is -2.46. The van der Waals surface area contributed by atoms with Crippen molar-refractivity contribution in [3.8, 4) is 0 Å². The predicted molar refractivity (Wildman–Crippen MR) is 53.2 cm³/mol. The fourth-order valence-corrected chi connectivity index (χ4v) is 3.06. The van der Waals surface area contributed by atoms with E-state index in [-0.39, 0.29) is 0 Å². The highest BCUT2D eigenvalue weighted by atomic mass is 14.4. The SMILES string of the molecule is CC12CCCCC(C)(CC1)CC2. The lowest BCUT2D eigenvalue weighted by molar-refractivity contribution is 0.0638. The summed E-state index contributed by atoms with van der Waals surface area (Å²) in [4.78, 5) is 0. The van der Waals surface area contributed by atoms with Gasteiger partial charge in [0.2, 0.25) is 0 Å². The Hall–Kier alpha value is 0. The average Bonchev–Trinajstić information content (AvgIpc) is 2.03. The smallest absolute Gasteiger partial charge is 0.0325 e. The maximum absolute atomic E-state index is 2.51. The maximum Gasteiger partial charge on any atom is -0.0325 e. The molecule has 0 heteroatoms. The average molecular weight is 166 g/mol. The quantitative estimate of drug-likeness (QED) is 0.507. The zero-order chi connectivity index (χ0) is 8.66. The molecule has 0 aromatic carbocycles. The highest BCUT2D eigenvalue weighted by molar-refractivity contribution is 4.90. The van der Waals surface area contributed by atoms with E-state index in [1.807, 2.05) is 0 Å². The molecule has 0 amide bonds. The Kier molecular flexibility index (Phi) is 1.97. The summed E-state index contributed by atoms with van der Waals surface area (Å²) in [6.45, 7) is 5.02. The Morgan fingerprint density at radius 2 is 0.917 bits per heavy atom. The van der Waals surface area contributed by atoms with Crippen molar-refractivity contribution in [3.63, 3.8) is 0 Å². The van der Waals surface area contributed by atoms with Crippen molar-refractivity contribution in [2.24, 2.45) is 10.8 Å². The third-order valence-electron chi connectivity index (χ3n) is 4.47. The summed E-state index contributed by atoms with van der Waals surface area (Å²) < 4.78 is 0. The second kappa shape index (κ2) is 2.75. The molecule has 0 atom stereocenters. The summed E-state index contributed by atoms with van der Waals surface area (Å²) in [7, 11) is 0. The van der Waals surface area contributed by atoms with E-state index in [9.17, 15) is 0 Å². The molecule has 12 heavy (non-hydrogen) atoms. The fourth-order valence-electron chi connectivity index (χ4n) is 3.06. The minimum atomic E-state index is 0.736. The maximum atomic E-state index is 2.51. The highest BCUT2D eigenvalue weighted by Gasteiger charge is 2.38. The van der Waals surface area contributed by atoms with Crippen molar-refractivity contribution in [3.05, 3.63) is 0 Å². The van der Waals surface area contributed by atoms with Gasteiger partial charge in [-0.15, -0.1) is 0 Å². The normalized spacial score (nSPS) is 48.5. The van der Waals surface area contributed by atoms with E-state index >= 15 is 0 Å². The van der Waals surface area contributed by atoms with Crippen molar-refractivity contribution in [1.29, 1.82) is 0 Å². The molecule has 0 heterocycles. The van der Waals surface area contributed by atoms with E-state index in [1.54, 1.807) is 0 Å². The molecule has 3 aliphatic rings. The van der Waals surface area contributed by atoms with Gasteiger partial charge in [-0.05, 0) is 49.4 Å². The first-order chi connectivity index (χ1) is 5.62. The number of fused-ring (bicyclic) bond motifs is 5. The van der Waals surface area contributed by atoms with E-state index in [0.29, 0.717) is 0 Å². The third-order valence-corrected chi connectivity index (χ3v) is 4.47. The van der Waals surface area contributed by atoms with Gasteiger partial charge >= 0.3 is 0 Å². The van der Waals surface area contributed by atoms with Crippen LogP contribution < -0.4 is 0 Å². The molecule has 0 aromatic heterocycles. The van der Waals surface area contributed by atoms with E-state index < -0.39 is 0 Å². The van der Waals surface area contributed by atoms with Crippen LogP contribution in [-0.4, -0.2) is 0 Å². The third kappa shape index (κ3) is 1.53. The minimum Gasteiger partial charge on any atom is -0.0596 e. The van der Waals surface area contributed by atoms with Crippen molar-refractivity contribution < 1.29 is 0 Å². The van der Waals surface area contributed by atoms with Crippen LogP contribution >= 0.6 is 0 Å². The van der Waals surface area contributed by atoms with Gasteiger partial charge in [-0.25, -0.2) is 0 Å². The van der Waals surface area contributed by atoms with Crippen LogP contribution in [0.15, 0.2) is 0 Å². The van der Waals surface area contributed by atoms with Gasteiger partial charge in [-0.3, -0.25) is 0 Å². The molecule has 0 unspecified atom stereocenters. The molecule has 0 N–H and O–H groups in total. The zero-order valence-corrected chi connectivity index (χ0v) is 8.66. The summed E-state index contributed by atoms with van der Waals surface area (Å²) >= 11 is 0. The van der Waals surface area contributed by atoms with Crippen molar-refractivity contribution in [2.75, 3.05) is 0 Å². The fraction of sp³-hybridized carbons (Fsp3) is 1.00. The van der Waals surface area contributed by atoms with Gasteiger partial charge in [0.05, 0.1) is 0 Å². The molecule has 3 fully saturated rings. The summed E-state index contributed by atoms with van der Waals surface area (Å²) in [5.41, 5.74) is 1.47. The van der Waals surface area contributed by atoms with Crippen molar-refractivity contribution >= 4 is 0 Å². The second-order valence-electron chi connectivity index (χ2n) is 5.83.